The molecule has 1 nitrogen and oxygen atoms in total. The van der Waals surface area contributed by atoms with Crippen LogP contribution in [0.4, 0.5) is 0 Å². The zero-order valence-electron chi connectivity index (χ0n) is 9.62. The average Bonchev–Trinajstić information content (AvgIpc) is 2.57. The first kappa shape index (κ1) is 9.21. The van der Waals surface area contributed by atoms with Gasteiger partial charge >= 0.3 is 0 Å². The van der Waals surface area contributed by atoms with Gasteiger partial charge in [0.2, 0.25) is 0 Å². The molecule has 5 atom stereocenters. The zero-order chi connectivity index (χ0) is 9.92. The fourth-order valence-corrected chi connectivity index (χ4v) is 4.57. The monoisotopic (exact) mass is 194 g/mol. The van der Waals surface area contributed by atoms with Gasteiger partial charge in [-0.1, -0.05) is 13.8 Å². The minimum atomic E-state index is 0.249. The first-order chi connectivity index (χ1) is 6.60. The van der Waals surface area contributed by atoms with Crippen LogP contribution in [-0.4, -0.2) is 11.7 Å². The molecule has 3 rings (SSSR count). The lowest BCUT2D eigenvalue weighted by Crippen LogP contribution is -2.60. The van der Waals surface area contributed by atoms with Gasteiger partial charge in [-0.15, -0.1) is 0 Å². The molecule has 0 unspecified atom stereocenters. The summed E-state index contributed by atoms with van der Waals surface area (Å²) in [6, 6.07) is 0. The molecular weight excluding hydrogens is 172 g/mol. The van der Waals surface area contributed by atoms with Gasteiger partial charge in [0.15, 0.2) is 0 Å². The molecular formula is C13H22O. The van der Waals surface area contributed by atoms with E-state index in [4.69, 9.17) is 4.74 Å². The van der Waals surface area contributed by atoms with Gasteiger partial charge in [0.1, 0.15) is 0 Å². The van der Waals surface area contributed by atoms with E-state index in [1.807, 2.05) is 0 Å². The second-order valence-electron chi connectivity index (χ2n) is 6.35. The third kappa shape index (κ3) is 1.05. The topological polar surface area (TPSA) is 9.23 Å². The molecule has 2 saturated carbocycles. The molecule has 3 fully saturated rings. The molecule has 3 aliphatic rings. The first-order valence-electron chi connectivity index (χ1n) is 6.28. The van der Waals surface area contributed by atoms with Gasteiger partial charge in [-0.2, -0.15) is 0 Å². The Bertz CT molecular complexity index is 246. The number of hydrogen-bond donors (Lipinski definition) is 0. The van der Waals surface area contributed by atoms with Crippen LogP contribution in [0.3, 0.4) is 0 Å². The van der Waals surface area contributed by atoms with Gasteiger partial charge < -0.3 is 4.74 Å². The molecule has 0 amide bonds. The Labute approximate surface area is 87.2 Å². The molecule has 1 saturated heterocycles. The Kier molecular flexibility index (Phi) is 1.81. The molecule has 0 aromatic rings. The van der Waals surface area contributed by atoms with Gasteiger partial charge in [-0.3, -0.25) is 0 Å². The van der Waals surface area contributed by atoms with E-state index in [0.717, 1.165) is 23.7 Å². The predicted octanol–water partition coefficient (Wildman–Crippen LogP) is 3.24. The lowest BCUT2D eigenvalue weighted by atomic mass is 9.67. The van der Waals surface area contributed by atoms with Gasteiger partial charge in [0.25, 0.3) is 0 Å². The molecule has 0 aromatic heterocycles. The van der Waals surface area contributed by atoms with Crippen molar-refractivity contribution in [2.75, 3.05) is 0 Å². The van der Waals surface area contributed by atoms with Crippen molar-refractivity contribution >= 4 is 0 Å². The highest BCUT2D eigenvalue weighted by Crippen LogP contribution is 2.62. The fraction of sp³-hybridized carbons (Fsp3) is 1.00. The lowest BCUT2D eigenvalue weighted by molar-refractivity contribution is -0.274. The molecule has 14 heavy (non-hydrogen) atoms. The highest BCUT2D eigenvalue weighted by Gasteiger charge is 2.63. The Morgan fingerprint density at radius 3 is 2.64 bits per heavy atom. The summed E-state index contributed by atoms with van der Waals surface area (Å²) in [5.41, 5.74) is 0.249. The largest absolute Gasteiger partial charge is 0.371 e. The maximum Gasteiger partial charge on any atom is 0.0716 e. The Morgan fingerprint density at radius 2 is 2.00 bits per heavy atom. The second-order valence-corrected chi connectivity index (χ2v) is 6.35. The maximum absolute atomic E-state index is 6.20. The van der Waals surface area contributed by atoms with E-state index in [1.165, 1.54) is 25.7 Å². The summed E-state index contributed by atoms with van der Waals surface area (Å²) in [4.78, 5) is 0. The summed E-state index contributed by atoms with van der Waals surface area (Å²) in [7, 11) is 0. The van der Waals surface area contributed by atoms with Crippen molar-refractivity contribution in [1.82, 2.24) is 0 Å². The summed E-state index contributed by atoms with van der Waals surface area (Å²) in [6.07, 6.45) is 6.34. The molecule has 0 N–H and O–H groups in total. The van der Waals surface area contributed by atoms with E-state index in [2.05, 4.69) is 20.8 Å². The Balaban J connectivity index is 1.75. The molecule has 2 bridgehead atoms. The van der Waals surface area contributed by atoms with Gasteiger partial charge in [-0.05, 0) is 50.4 Å². The molecule has 0 aromatic carbocycles. The van der Waals surface area contributed by atoms with Gasteiger partial charge in [-0.25, -0.2) is 0 Å². The summed E-state index contributed by atoms with van der Waals surface area (Å²) < 4.78 is 6.20. The SMILES string of the molecule is CC(C)C[C@]1(C)O[C@H]2[C@@H]3CC[C@@H](C3)[C@H]21. The van der Waals surface area contributed by atoms with Crippen LogP contribution < -0.4 is 0 Å². The lowest BCUT2D eigenvalue weighted by Gasteiger charge is -2.56. The van der Waals surface area contributed by atoms with E-state index >= 15 is 0 Å². The normalized spacial score (nSPS) is 54.9. The number of ether oxygens (including phenoxy) is 1. The molecule has 0 radical (unpaired) electrons. The van der Waals surface area contributed by atoms with Crippen molar-refractivity contribution in [2.24, 2.45) is 23.7 Å². The van der Waals surface area contributed by atoms with Crippen LogP contribution in [0.5, 0.6) is 0 Å². The van der Waals surface area contributed by atoms with Crippen LogP contribution in [0, 0.1) is 23.7 Å². The van der Waals surface area contributed by atoms with Crippen LogP contribution >= 0.6 is 0 Å². The molecule has 1 heterocycles. The highest BCUT2D eigenvalue weighted by molar-refractivity contribution is 5.11. The predicted molar refractivity (Wildman–Crippen MR) is 57.1 cm³/mol. The minimum Gasteiger partial charge on any atom is -0.371 e. The average molecular weight is 194 g/mol. The smallest absolute Gasteiger partial charge is 0.0716 e. The van der Waals surface area contributed by atoms with E-state index in [9.17, 15) is 0 Å². The standard InChI is InChI=1S/C13H22O/c1-8(2)7-13(3)11-9-4-5-10(6-9)12(11)14-13/h8-12H,4-7H2,1-3H3/t9-,10+,11+,12-,13-/m0/s1. The van der Waals surface area contributed by atoms with E-state index in [0.29, 0.717) is 6.10 Å². The van der Waals surface area contributed by atoms with Crippen molar-refractivity contribution in [1.29, 1.82) is 0 Å². The first-order valence-corrected chi connectivity index (χ1v) is 6.28. The van der Waals surface area contributed by atoms with Crippen LogP contribution in [0.15, 0.2) is 0 Å². The third-order valence-electron chi connectivity index (χ3n) is 4.76. The summed E-state index contributed by atoms with van der Waals surface area (Å²) in [5, 5.41) is 0. The van der Waals surface area contributed by atoms with Crippen LogP contribution in [0.25, 0.3) is 0 Å². The van der Waals surface area contributed by atoms with Gasteiger partial charge in [0, 0.05) is 5.92 Å². The fourth-order valence-electron chi connectivity index (χ4n) is 4.57. The van der Waals surface area contributed by atoms with Crippen molar-refractivity contribution < 1.29 is 4.74 Å². The summed E-state index contributed by atoms with van der Waals surface area (Å²) >= 11 is 0. The molecule has 0 spiro atoms. The van der Waals surface area contributed by atoms with E-state index < -0.39 is 0 Å². The number of hydrogen-bond acceptors (Lipinski definition) is 1. The second kappa shape index (κ2) is 2.75. The van der Waals surface area contributed by atoms with E-state index in [1.54, 1.807) is 0 Å². The molecule has 1 aliphatic heterocycles. The van der Waals surface area contributed by atoms with Crippen LogP contribution in [0.2, 0.25) is 0 Å². The zero-order valence-corrected chi connectivity index (χ0v) is 9.62. The van der Waals surface area contributed by atoms with Crippen molar-refractivity contribution in [3.63, 3.8) is 0 Å². The minimum absolute atomic E-state index is 0.249. The molecule has 1 heteroatoms. The Hall–Kier alpha value is -0.0400. The van der Waals surface area contributed by atoms with Gasteiger partial charge in [0.05, 0.1) is 11.7 Å². The molecule has 80 valence electrons. The van der Waals surface area contributed by atoms with Crippen molar-refractivity contribution in [2.45, 2.75) is 58.2 Å². The van der Waals surface area contributed by atoms with Crippen LogP contribution in [0.1, 0.15) is 46.5 Å². The third-order valence-corrected chi connectivity index (χ3v) is 4.76. The summed E-state index contributed by atoms with van der Waals surface area (Å²) in [6.45, 7) is 6.99. The number of rotatable bonds is 2. The maximum atomic E-state index is 6.20. The van der Waals surface area contributed by atoms with Crippen molar-refractivity contribution in [3.05, 3.63) is 0 Å². The van der Waals surface area contributed by atoms with Crippen molar-refractivity contribution in [3.8, 4) is 0 Å². The Morgan fingerprint density at radius 1 is 1.29 bits per heavy atom. The quantitative estimate of drug-likeness (QED) is 0.655. The molecule has 2 aliphatic carbocycles. The van der Waals surface area contributed by atoms with Crippen LogP contribution in [-0.2, 0) is 4.74 Å². The number of fused-ring (bicyclic) bond motifs is 5. The summed E-state index contributed by atoms with van der Waals surface area (Å²) in [5.74, 6) is 3.65. The van der Waals surface area contributed by atoms with E-state index in [-0.39, 0.29) is 5.60 Å². The highest BCUT2D eigenvalue weighted by atomic mass is 16.5.